The summed E-state index contributed by atoms with van der Waals surface area (Å²) in [5.41, 5.74) is 2.12. The molecular formula is C19H26N2O2. The van der Waals surface area contributed by atoms with E-state index in [1.807, 2.05) is 31.2 Å². The molecule has 1 heterocycles. The third-order valence-electron chi connectivity index (χ3n) is 5.15. The molecule has 0 aromatic heterocycles. The number of carbonyl (C=O) groups is 2. The molecule has 2 unspecified atom stereocenters. The first-order chi connectivity index (χ1) is 10.7. The molecular weight excluding hydrogens is 288 g/mol. The van der Waals surface area contributed by atoms with E-state index in [0.717, 1.165) is 24.8 Å². The minimum Gasteiger partial charge on any atom is -0.331 e. The van der Waals surface area contributed by atoms with E-state index in [9.17, 15) is 9.59 Å². The molecule has 1 aliphatic carbocycles. The van der Waals surface area contributed by atoms with E-state index in [0.29, 0.717) is 12.2 Å². The van der Waals surface area contributed by atoms with Crippen molar-refractivity contribution in [3.63, 3.8) is 0 Å². The summed E-state index contributed by atoms with van der Waals surface area (Å²) >= 11 is 0. The molecule has 1 N–H and O–H groups in total. The van der Waals surface area contributed by atoms with Crippen molar-refractivity contribution in [2.45, 2.75) is 53.0 Å². The molecule has 1 saturated heterocycles. The van der Waals surface area contributed by atoms with Gasteiger partial charge >= 0.3 is 11.8 Å². The first-order valence-corrected chi connectivity index (χ1v) is 8.36. The quantitative estimate of drug-likeness (QED) is 0.808. The topological polar surface area (TPSA) is 49.4 Å². The molecule has 1 aliphatic heterocycles. The third-order valence-corrected chi connectivity index (χ3v) is 5.15. The van der Waals surface area contributed by atoms with E-state index in [4.69, 9.17) is 0 Å². The monoisotopic (exact) mass is 314 g/mol. The zero-order valence-electron chi connectivity index (χ0n) is 14.5. The highest BCUT2D eigenvalue weighted by molar-refractivity contribution is 6.39. The van der Waals surface area contributed by atoms with Crippen molar-refractivity contribution in [2.75, 3.05) is 11.9 Å². The third kappa shape index (κ3) is 3.26. The van der Waals surface area contributed by atoms with E-state index < -0.39 is 11.8 Å². The summed E-state index contributed by atoms with van der Waals surface area (Å²) in [5, 5.41) is 2.74. The molecule has 4 heteroatoms. The van der Waals surface area contributed by atoms with Crippen molar-refractivity contribution in [3.05, 3.63) is 29.8 Å². The van der Waals surface area contributed by atoms with Crippen molar-refractivity contribution in [2.24, 2.45) is 10.8 Å². The summed E-state index contributed by atoms with van der Waals surface area (Å²) in [5.74, 6) is -0.914. The molecule has 1 saturated carbocycles. The van der Waals surface area contributed by atoms with Crippen molar-refractivity contribution in [1.82, 2.24) is 4.90 Å². The largest absolute Gasteiger partial charge is 0.331 e. The maximum absolute atomic E-state index is 12.6. The fourth-order valence-electron chi connectivity index (χ4n) is 4.74. The standard InChI is InChI=1S/C19H26N2O2/c1-13-6-5-7-14(8-13)20-16(22)17(23)21-12-19(4)10-15(21)9-18(2,3)11-19/h5-8,15H,9-12H2,1-4H3,(H,20,22). The minimum atomic E-state index is -0.524. The zero-order valence-corrected chi connectivity index (χ0v) is 14.5. The molecule has 1 aromatic rings. The lowest BCUT2D eigenvalue weighted by molar-refractivity contribution is -0.144. The highest BCUT2D eigenvalue weighted by Gasteiger charge is 2.51. The number of likely N-dealkylation sites (tertiary alicyclic amines) is 1. The number of anilines is 1. The van der Waals surface area contributed by atoms with Gasteiger partial charge in [0.2, 0.25) is 0 Å². The number of nitrogens with zero attached hydrogens (tertiary/aromatic N) is 1. The average Bonchev–Trinajstić information content (AvgIpc) is 2.67. The molecule has 1 aromatic carbocycles. The number of aryl methyl sites for hydroxylation is 1. The van der Waals surface area contributed by atoms with Crippen LogP contribution in [0, 0.1) is 17.8 Å². The van der Waals surface area contributed by atoms with E-state index in [1.54, 1.807) is 4.90 Å². The van der Waals surface area contributed by atoms with Gasteiger partial charge in [-0.05, 0) is 54.7 Å². The van der Waals surface area contributed by atoms with Gasteiger partial charge in [-0.2, -0.15) is 0 Å². The number of benzene rings is 1. The Balaban J connectivity index is 1.72. The Kier molecular flexibility index (Phi) is 3.74. The fourth-order valence-corrected chi connectivity index (χ4v) is 4.74. The normalized spacial score (nSPS) is 28.5. The Hall–Kier alpha value is -1.84. The van der Waals surface area contributed by atoms with Gasteiger partial charge < -0.3 is 10.2 Å². The Morgan fingerprint density at radius 1 is 1.22 bits per heavy atom. The van der Waals surface area contributed by atoms with Crippen molar-refractivity contribution in [1.29, 1.82) is 0 Å². The lowest BCUT2D eigenvalue weighted by atomic mass is 9.65. The van der Waals surface area contributed by atoms with Gasteiger partial charge in [0.25, 0.3) is 0 Å². The van der Waals surface area contributed by atoms with Crippen LogP contribution in [0.1, 0.15) is 45.6 Å². The molecule has 124 valence electrons. The predicted octanol–water partition coefficient (Wildman–Crippen LogP) is 3.36. The Morgan fingerprint density at radius 2 is 1.96 bits per heavy atom. The van der Waals surface area contributed by atoms with Crippen LogP contribution in [0.3, 0.4) is 0 Å². The number of hydrogen-bond donors (Lipinski definition) is 1. The molecule has 2 fully saturated rings. The second kappa shape index (κ2) is 5.36. The van der Waals surface area contributed by atoms with Crippen LogP contribution >= 0.6 is 0 Å². The van der Waals surface area contributed by atoms with E-state index in [1.165, 1.54) is 0 Å². The van der Waals surface area contributed by atoms with Gasteiger partial charge in [0.05, 0.1) is 0 Å². The zero-order chi connectivity index (χ0) is 16.8. The van der Waals surface area contributed by atoms with Crippen molar-refractivity contribution < 1.29 is 9.59 Å². The molecule has 4 nitrogen and oxygen atoms in total. The van der Waals surface area contributed by atoms with Gasteiger partial charge in [0, 0.05) is 18.3 Å². The van der Waals surface area contributed by atoms with Gasteiger partial charge in [-0.25, -0.2) is 0 Å². The number of rotatable bonds is 1. The maximum atomic E-state index is 12.6. The summed E-state index contributed by atoms with van der Waals surface area (Å²) in [6, 6.07) is 7.72. The molecule has 0 spiro atoms. The number of carbonyl (C=O) groups excluding carboxylic acids is 2. The first-order valence-electron chi connectivity index (χ1n) is 8.36. The van der Waals surface area contributed by atoms with Crippen LogP contribution in [0.5, 0.6) is 0 Å². The second-order valence-electron chi connectivity index (χ2n) is 8.47. The summed E-state index contributed by atoms with van der Waals surface area (Å²) in [6.45, 7) is 9.42. The van der Waals surface area contributed by atoms with Crippen LogP contribution in [0.4, 0.5) is 5.69 Å². The number of nitrogens with one attached hydrogen (secondary N) is 1. The molecule has 0 radical (unpaired) electrons. The predicted molar refractivity (Wildman–Crippen MR) is 91.0 cm³/mol. The van der Waals surface area contributed by atoms with Crippen LogP contribution in [-0.2, 0) is 9.59 Å². The van der Waals surface area contributed by atoms with E-state index in [2.05, 4.69) is 26.1 Å². The molecule has 2 atom stereocenters. The smallest absolute Gasteiger partial charge is 0.313 e. The Morgan fingerprint density at radius 3 is 2.65 bits per heavy atom. The molecule has 23 heavy (non-hydrogen) atoms. The van der Waals surface area contributed by atoms with E-state index >= 15 is 0 Å². The first kappa shape index (κ1) is 16.0. The molecule has 2 aliphatic rings. The van der Waals surface area contributed by atoms with Crippen LogP contribution in [-0.4, -0.2) is 29.3 Å². The van der Waals surface area contributed by atoms with Gasteiger partial charge in [0.1, 0.15) is 0 Å². The maximum Gasteiger partial charge on any atom is 0.313 e. The highest BCUT2D eigenvalue weighted by Crippen LogP contribution is 2.52. The van der Waals surface area contributed by atoms with Gasteiger partial charge in [-0.15, -0.1) is 0 Å². The SMILES string of the molecule is Cc1cccc(NC(=O)C(=O)N2CC3(C)CC2CC(C)(C)C3)c1. The Labute approximate surface area is 138 Å². The summed E-state index contributed by atoms with van der Waals surface area (Å²) in [6.07, 6.45) is 3.10. The molecule has 2 bridgehead atoms. The van der Waals surface area contributed by atoms with Crippen LogP contribution in [0.2, 0.25) is 0 Å². The summed E-state index contributed by atoms with van der Waals surface area (Å²) in [4.78, 5) is 26.8. The van der Waals surface area contributed by atoms with Crippen LogP contribution in [0.15, 0.2) is 24.3 Å². The average molecular weight is 314 g/mol. The van der Waals surface area contributed by atoms with Gasteiger partial charge in [-0.3, -0.25) is 9.59 Å². The highest BCUT2D eigenvalue weighted by atomic mass is 16.2. The lowest BCUT2D eigenvalue weighted by Crippen LogP contribution is -2.43. The van der Waals surface area contributed by atoms with Crippen LogP contribution in [0.25, 0.3) is 0 Å². The number of fused-ring (bicyclic) bond motifs is 2. The Bertz CT molecular complexity index is 653. The van der Waals surface area contributed by atoms with Crippen molar-refractivity contribution >= 4 is 17.5 Å². The van der Waals surface area contributed by atoms with Gasteiger partial charge in [-0.1, -0.05) is 32.9 Å². The number of hydrogen-bond acceptors (Lipinski definition) is 2. The lowest BCUT2D eigenvalue weighted by Gasteiger charge is -2.39. The minimum absolute atomic E-state index is 0.145. The molecule has 2 amide bonds. The van der Waals surface area contributed by atoms with Crippen LogP contribution < -0.4 is 5.32 Å². The second-order valence-corrected chi connectivity index (χ2v) is 8.47. The molecule has 3 rings (SSSR count). The summed E-state index contributed by atoms with van der Waals surface area (Å²) < 4.78 is 0. The van der Waals surface area contributed by atoms with E-state index in [-0.39, 0.29) is 16.9 Å². The fraction of sp³-hybridized carbons (Fsp3) is 0.579. The van der Waals surface area contributed by atoms with Gasteiger partial charge in [0.15, 0.2) is 0 Å². The van der Waals surface area contributed by atoms with Crippen molar-refractivity contribution in [3.8, 4) is 0 Å². The number of amides is 2. The summed E-state index contributed by atoms with van der Waals surface area (Å²) in [7, 11) is 0.